The third-order valence-electron chi connectivity index (χ3n) is 1.71. The second-order valence-electron chi connectivity index (χ2n) is 3.44. The normalized spacial score (nSPS) is 9.44. The maximum Gasteiger partial charge on any atom is 0.411 e. The number of nitrogens with one attached hydrogen (secondary N) is 1. The molecule has 0 aliphatic heterocycles. The van der Waals surface area contributed by atoms with Gasteiger partial charge in [0.25, 0.3) is 0 Å². The number of carbonyl (C=O) groups is 1. The fraction of sp³-hybridized carbons (Fsp3) is 0.250. The SMILES string of the molecule is CC(C)=CCOC(=O)Nc1c[c]cc(Cl)c1. The molecule has 85 valence electrons. The summed E-state index contributed by atoms with van der Waals surface area (Å²) in [5.74, 6) is 0. The number of anilines is 1. The molecule has 0 unspecified atom stereocenters. The van der Waals surface area contributed by atoms with Crippen LogP contribution in [-0.4, -0.2) is 12.7 Å². The van der Waals surface area contributed by atoms with Crippen LogP contribution in [0.3, 0.4) is 0 Å². The van der Waals surface area contributed by atoms with Crippen LogP contribution in [0.25, 0.3) is 0 Å². The summed E-state index contributed by atoms with van der Waals surface area (Å²) < 4.78 is 4.91. The summed E-state index contributed by atoms with van der Waals surface area (Å²) in [7, 11) is 0. The van der Waals surface area contributed by atoms with Crippen molar-refractivity contribution in [3.8, 4) is 0 Å². The van der Waals surface area contributed by atoms with Gasteiger partial charge in [0.1, 0.15) is 6.61 Å². The second-order valence-corrected chi connectivity index (χ2v) is 3.88. The van der Waals surface area contributed by atoms with Gasteiger partial charge in [-0.3, -0.25) is 5.32 Å². The van der Waals surface area contributed by atoms with E-state index in [9.17, 15) is 4.79 Å². The van der Waals surface area contributed by atoms with Gasteiger partial charge in [-0.25, -0.2) is 4.79 Å². The van der Waals surface area contributed by atoms with Crippen LogP contribution in [-0.2, 0) is 4.74 Å². The zero-order chi connectivity index (χ0) is 12.0. The first-order valence-electron chi connectivity index (χ1n) is 4.81. The molecule has 1 aromatic rings. The lowest BCUT2D eigenvalue weighted by atomic mass is 10.3. The Morgan fingerprint density at radius 3 is 2.94 bits per heavy atom. The van der Waals surface area contributed by atoms with Crippen molar-refractivity contribution >= 4 is 23.4 Å². The summed E-state index contributed by atoms with van der Waals surface area (Å²) in [5.41, 5.74) is 1.67. The predicted octanol–water partition coefficient (Wildman–Crippen LogP) is 3.65. The Balaban J connectivity index is 2.43. The zero-order valence-corrected chi connectivity index (χ0v) is 9.97. The van der Waals surface area contributed by atoms with Crippen LogP contribution < -0.4 is 5.32 Å². The quantitative estimate of drug-likeness (QED) is 0.817. The van der Waals surface area contributed by atoms with Crippen LogP contribution in [0.4, 0.5) is 10.5 Å². The maximum absolute atomic E-state index is 11.3. The lowest BCUT2D eigenvalue weighted by Gasteiger charge is -2.05. The first-order valence-corrected chi connectivity index (χ1v) is 5.19. The summed E-state index contributed by atoms with van der Waals surface area (Å²) in [6.45, 7) is 4.14. The second kappa shape index (κ2) is 6.18. The number of benzene rings is 1. The molecule has 1 radical (unpaired) electrons. The van der Waals surface area contributed by atoms with Crippen molar-refractivity contribution in [1.82, 2.24) is 0 Å². The summed E-state index contributed by atoms with van der Waals surface area (Å²) in [5, 5.41) is 3.07. The molecule has 0 aliphatic carbocycles. The van der Waals surface area contributed by atoms with Crippen molar-refractivity contribution in [3.05, 3.63) is 40.9 Å². The van der Waals surface area contributed by atoms with E-state index in [-0.39, 0.29) is 6.61 Å². The van der Waals surface area contributed by atoms with E-state index >= 15 is 0 Å². The fourth-order valence-electron chi connectivity index (χ4n) is 0.953. The van der Waals surface area contributed by atoms with Crippen molar-refractivity contribution in [3.63, 3.8) is 0 Å². The molecule has 3 nitrogen and oxygen atoms in total. The lowest BCUT2D eigenvalue weighted by molar-refractivity contribution is 0.174. The molecule has 0 saturated heterocycles. The van der Waals surface area contributed by atoms with E-state index in [4.69, 9.17) is 16.3 Å². The molecular weight excluding hydrogens is 226 g/mol. The Morgan fingerprint density at radius 2 is 2.31 bits per heavy atom. The highest BCUT2D eigenvalue weighted by Crippen LogP contribution is 2.14. The van der Waals surface area contributed by atoms with Gasteiger partial charge in [-0.15, -0.1) is 0 Å². The van der Waals surface area contributed by atoms with Gasteiger partial charge in [0, 0.05) is 10.7 Å². The highest BCUT2D eigenvalue weighted by Gasteiger charge is 2.01. The Bertz CT molecular complexity index is 398. The van der Waals surface area contributed by atoms with Gasteiger partial charge in [0.2, 0.25) is 0 Å². The van der Waals surface area contributed by atoms with E-state index in [1.54, 1.807) is 18.2 Å². The molecule has 0 heterocycles. The van der Waals surface area contributed by atoms with Gasteiger partial charge in [0.05, 0.1) is 0 Å². The molecule has 4 heteroatoms. The number of ether oxygens (including phenoxy) is 1. The number of carbonyl (C=O) groups excluding carboxylic acids is 1. The number of hydrogen-bond acceptors (Lipinski definition) is 2. The minimum Gasteiger partial charge on any atom is -0.445 e. The predicted molar refractivity (Wildman–Crippen MR) is 64.7 cm³/mol. The van der Waals surface area contributed by atoms with Crippen LogP contribution in [0.15, 0.2) is 29.8 Å². The summed E-state index contributed by atoms with van der Waals surface area (Å²) in [6.07, 6.45) is 1.32. The molecule has 1 amide bonds. The van der Waals surface area contributed by atoms with E-state index in [0.717, 1.165) is 5.57 Å². The van der Waals surface area contributed by atoms with Crippen molar-refractivity contribution in [2.45, 2.75) is 13.8 Å². The van der Waals surface area contributed by atoms with Gasteiger partial charge < -0.3 is 4.74 Å². The number of halogens is 1. The first-order chi connectivity index (χ1) is 7.58. The molecule has 1 aromatic carbocycles. The fourth-order valence-corrected chi connectivity index (χ4v) is 1.13. The zero-order valence-electron chi connectivity index (χ0n) is 9.21. The molecule has 0 spiro atoms. The molecule has 0 bridgehead atoms. The van der Waals surface area contributed by atoms with Crippen LogP contribution in [0.5, 0.6) is 0 Å². The standard InChI is InChI=1S/C12H13ClNO2/c1-9(2)6-7-16-12(15)14-11-5-3-4-10(13)8-11/h4-6,8H,7H2,1-2H3,(H,14,15). The van der Waals surface area contributed by atoms with Crippen LogP contribution in [0.1, 0.15) is 13.8 Å². The van der Waals surface area contributed by atoms with E-state index < -0.39 is 6.09 Å². The van der Waals surface area contributed by atoms with Gasteiger partial charge >= 0.3 is 6.09 Å². The van der Waals surface area contributed by atoms with E-state index in [0.29, 0.717) is 10.7 Å². The Kier molecular flexibility index (Phi) is 4.86. The van der Waals surface area contributed by atoms with E-state index in [1.807, 2.05) is 19.9 Å². The van der Waals surface area contributed by atoms with Crippen molar-refractivity contribution in [2.24, 2.45) is 0 Å². The number of allylic oxidation sites excluding steroid dienone is 1. The molecular formula is C12H13ClNO2. The third-order valence-corrected chi connectivity index (χ3v) is 1.92. The van der Waals surface area contributed by atoms with Crippen molar-refractivity contribution < 1.29 is 9.53 Å². The van der Waals surface area contributed by atoms with Crippen LogP contribution in [0.2, 0.25) is 5.02 Å². The molecule has 1 rings (SSSR count). The first kappa shape index (κ1) is 12.6. The smallest absolute Gasteiger partial charge is 0.411 e. The summed E-state index contributed by atoms with van der Waals surface area (Å²) >= 11 is 5.74. The Labute approximate surface area is 100 Å². The topological polar surface area (TPSA) is 38.3 Å². The minimum absolute atomic E-state index is 0.262. The minimum atomic E-state index is -0.506. The summed E-state index contributed by atoms with van der Waals surface area (Å²) in [6, 6.07) is 7.65. The third kappa shape index (κ3) is 4.84. The largest absolute Gasteiger partial charge is 0.445 e. The maximum atomic E-state index is 11.3. The monoisotopic (exact) mass is 238 g/mol. The Morgan fingerprint density at radius 1 is 1.56 bits per heavy atom. The number of hydrogen-bond donors (Lipinski definition) is 1. The highest BCUT2D eigenvalue weighted by atomic mass is 35.5. The molecule has 0 aromatic heterocycles. The molecule has 0 saturated carbocycles. The molecule has 1 N–H and O–H groups in total. The summed E-state index contributed by atoms with van der Waals surface area (Å²) in [4.78, 5) is 11.3. The van der Waals surface area contributed by atoms with Gasteiger partial charge in [-0.2, -0.15) is 0 Å². The van der Waals surface area contributed by atoms with E-state index in [2.05, 4.69) is 11.4 Å². The Hall–Kier alpha value is -1.48. The van der Waals surface area contributed by atoms with Gasteiger partial charge in [-0.05, 0) is 44.2 Å². The number of rotatable bonds is 3. The molecule has 0 atom stereocenters. The lowest BCUT2D eigenvalue weighted by Crippen LogP contribution is -2.13. The molecule has 16 heavy (non-hydrogen) atoms. The van der Waals surface area contributed by atoms with E-state index in [1.165, 1.54) is 0 Å². The molecule has 0 aliphatic rings. The van der Waals surface area contributed by atoms with Crippen LogP contribution >= 0.6 is 11.6 Å². The molecule has 0 fully saturated rings. The number of amides is 1. The average molecular weight is 239 g/mol. The highest BCUT2D eigenvalue weighted by molar-refractivity contribution is 6.30. The van der Waals surface area contributed by atoms with Crippen LogP contribution in [0, 0.1) is 6.07 Å². The van der Waals surface area contributed by atoms with Gasteiger partial charge in [0.15, 0.2) is 0 Å². The van der Waals surface area contributed by atoms with Crippen molar-refractivity contribution in [1.29, 1.82) is 0 Å². The van der Waals surface area contributed by atoms with Gasteiger partial charge in [-0.1, -0.05) is 17.2 Å². The average Bonchev–Trinajstić information content (AvgIpc) is 2.16. The van der Waals surface area contributed by atoms with Crippen molar-refractivity contribution in [2.75, 3.05) is 11.9 Å².